The van der Waals surface area contributed by atoms with E-state index in [0.717, 1.165) is 37.0 Å². The van der Waals surface area contributed by atoms with Crippen LogP contribution in [0.4, 0.5) is 0 Å². The van der Waals surface area contributed by atoms with Gasteiger partial charge in [0.1, 0.15) is 5.60 Å². The zero-order chi connectivity index (χ0) is 16.2. The maximum Gasteiger partial charge on any atom is 0.295 e. The molecule has 0 aromatic heterocycles. The Morgan fingerprint density at radius 1 is 0.708 bits per heavy atom. The summed E-state index contributed by atoms with van der Waals surface area (Å²) in [6.45, 7) is 0. The summed E-state index contributed by atoms with van der Waals surface area (Å²) in [5.74, 6) is 4.29. The molecular formula is C20H29NO3. The molecule has 0 aliphatic heterocycles. The topological polar surface area (TPSA) is 52.4 Å². The monoisotopic (exact) mass is 331 g/mol. The van der Waals surface area contributed by atoms with Crippen molar-refractivity contribution in [1.29, 1.82) is 0 Å². The van der Waals surface area contributed by atoms with Crippen LogP contribution in [-0.2, 0) is 4.84 Å². The van der Waals surface area contributed by atoms with Gasteiger partial charge in [-0.2, -0.15) is 0 Å². The molecule has 8 saturated carbocycles. The van der Waals surface area contributed by atoms with Crippen molar-refractivity contribution in [2.75, 3.05) is 0 Å². The smallest absolute Gasteiger partial charge is 0.295 e. The largest absolute Gasteiger partial charge is 0.307 e. The molecule has 0 aromatic rings. The van der Waals surface area contributed by atoms with Crippen molar-refractivity contribution < 1.29 is 9.92 Å². The summed E-state index contributed by atoms with van der Waals surface area (Å²) >= 11 is 0. The Labute approximate surface area is 143 Å². The van der Waals surface area contributed by atoms with Crippen molar-refractivity contribution in [2.24, 2.45) is 40.4 Å². The molecular weight excluding hydrogens is 302 g/mol. The van der Waals surface area contributed by atoms with E-state index >= 15 is 0 Å². The van der Waals surface area contributed by atoms with Crippen LogP contribution in [0.3, 0.4) is 0 Å². The molecule has 8 fully saturated rings. The second-order valence-corrected chi connectivity index (χ2v) is 10.9. The zero-order valence-electron chi connectivity index (χ0n) is 14.5. The van der Waals surface area contributed by atoms with E-state index in [4.69, 9.17) is 4.84 Å². The number of hydrogen-bond acceptors (Lipinski definition) is 3. The summed E-state index contributed by atoms with van der Waals surface area (Å²) in [5, 5.41) is 10.7. The molecule has 0 heterocycles. The van der Waals surface area contributed by atoms with Crippen LogP contribution >= 0.6 is 0 Å². The van der Waals surface area contributed by atoms with Gasteiger partial charge >= 0.3 is 0 Å². The SMILES string of the molecule is O=[N+]([O-])OC12CC3CC(C1)CC(C14CC5CC(CC(C5)C1)C4)(C3)C2. The summed E-state index contributed by atoms with van der Waals surface area (Å²) in [5.41, 5.74) is 0.477. The third-order valence-corrected chi connectivity index (χ3v) is 9.44. The number of nitrogens with zero attached hydrogens (tertiary/aromatic N) is 1. The minimum absolute atomic E-state index is 0.378. The molecule has 0 N–H and O–H groups in total. The van der Waals surface area contributed by atoms with Crippen LogP contribution in [0.25, 0.3) is 0 Å². The van der Waals surface area contributed by atoms with Crippen LogP contribution in [0.15, 0.2) is 0 Å². The van der Waals surface area contributed by atoms with Gasteiger partial charge in [-0.25, -0.2) is 0 Å². The first-order chi connectivity index (χ1) is 11.5. The van der Waals surface area contributed by atoms with E-state index in [1.165, 1.54) is 57.8 Å². The first-order valence-corrected chi connectivity index (χ1v) is 10.3. The average Bonchev–Trinajstić information content (AvgIpc) is 2.42. The van der Waals surface area contributed by atoms with Crippen LogP contribution < -0.4 is 0 Å². The van der Waals surface area contributed by atoms with Gasteiger partial charge in [-0.15, -0.1) is 10.1 Å². The maximum atomic E-state index is 11.2. The Morgan fingerprint density at radius 3 is 1.67 bits per heavy atom. The van der Waals surface area contributed by atoms with Crippen molar-refractivity contribution >= 4 is 0 Å². The molecule has 0 radical (unpaired) electrons. The fraction of sp³-hybridized carbons (Fsp3) is 1.00. The van der Waals surface area contributed by atoms with Gasteiger partial charge in [0.15, 0.2) is 0 Å². The van der Waals surface area contributed by atoms with Gasteiger partial charge < -0.3 is 4.84 Å². The van der Waals surface area contributed by atoms with E-state index in [-0.39, 0.29) is 0 Å². The van der Waals surface area contributed by atoms with E-state index in [1.807, 2.05) is 0 Å². The lowest BCUT2D eigenvalue weighted by Gasteiger charge is -2.71. The number of hydrogen-bond donors (Lipinski definition) is 0. The van der Waals surface area contributed by atoms with Gasteiger partial charge in [-0.1, -0.05) is 0 Å². The Hall–Kier alpha value is -0.800. The molecule has 2 atom stereocenters. The lowest BCUT2D eigenvalue weighted by Crippen LogP contribution is -2.65. The molecule has 0 amide bonds. The molecule has 24 heavy (non-hydrogen) atoms. The standard InChI is InChI=1S/C20H29NO3/c22-21(23)24-20-10-16-4-17(11-20)9-19(8-16,12-20)18-5-13-1-14(6-18)3-15(2-13)7-18/h13-17H,1-12H2. The lowest BCUT2D eigenvalue weighted by atomic mass is 9.34. The van der Waals surface area contributed by atoms with E-state index in [0.29, 0.717) is 22.7 Å². The summed E-state index contributed by atoms with van der Waals surface area (Å²) in [6.07, 6.45) is 15.7. The van der Waals surface area contributed by atoms with Crippen LogP contribution in [-0.4, -0.2) is 10.7 Å². The van der Waals surface area contributed by atoms with Crippen molar-refractivity contribution in [3.8, 4) is 0 Å². The molecule has 0 spiro atoms. The van der Waals surface area contributed by atoms with E-state index in [9.17, 15) is 10.1 Å². The predicted molar refractivity (Wildman–Crippen MR) is 88.5 cm³/mol. The van der Waals surface area contributed by atoms with E-state index < -0.39 is 10.7 Å². The van der Waals surface area contributed by atoms with Crippen molar-refractivity contribution in [1.82, 2.24) is 0 Å². The van der Waals surface area contributed by atoms with Crippen LogP contribution in [0.1, 0.15) is 77.0 Å². The van der Waals surface area contributed by atoms with Gasteiger partial charge in [-0.05, 0) is 117 Å². The molecule has 8 rings (SSSR count). The summed E-state index contributed by atoms with van der Waals surface area (Å²) in [4.78, 5) is 16.7. The average molecular weight is 331 g/mol. The van der Waals surface area contributed by atoms with Gasteiger partial charge in [0.25, 0.3) is 5.09 Å². The van der Waals surface area contributed by atoms with Gasteiger partial charge in [0.05, 0.1) is 0 Å². The Balaban J connectivity index is 1.41. The van der Waals surface area contributed by atoms with Crippen molar-refractivity contribution in [2.45, 2.75) is 82.7 Å². The van der Waals surface area contributed by atoms with E-state index in [2.05, 4.69) is 0 Å². The number of rotatable bonds is 3. The highest BCUT2D eigenvalue weighted by Crippen LogP contribution is 2.75. The zero-order valence-corrected chi connectivity index (χ0v) is 14.5. The van der Waals surface area contributed by atoms with Crippen LogP contribution in [0, 0.1) is 50.5 Å². The maximum absolute atomic E-state index is 11.2. The third-order valence-electron chi connectivity index (χ3n) is 9.44. The Kier molecular flexibility index (Phi) is 2.57. The normalized spacial score (nSPS) is 59.8. The highest BCUT2D eigenvalue weighted by molar-refractivity contribution is 5.18. The molecule has 8 aliphatic rings. The second kappa shape index (κ2) is 4.29. The summed E-state index contributed by atoms with van der Waals surface area (Å²) in [6, 6.07) is 0. The van der Waals surface area contributed by atoms with E-state index in [1.54, 1.807) is 0 Å². The fourth-order valence-corrected chi connectivity index (χ4v) is 9.82. The van der Waals surface area contributed by atoms with Gasteiger partial charge in [0.2, 0.25) is 0 Å². The first-order valence-electron chi connectivity index (χ1n) is 10.3. The Morgan fingerprint density at radius 2 is 1.17 bits per heavy atom. The third kappa shape index (κ3) is 1.76. The molecule has 2 unspecified atom stereocenters. The minimum atomic E-state index is -0.472. The molecule has 8 bridgehead atoms. The summed E-state index contributed by atoms with van der Waals surface area (Å²) < 4.78 is 0. The highest BCUT2D eigenvalue weighted by Gasteiger charge is 2.68. The fourth-order valence-electron chi connectivity index (χ4n) is 9.82. The van der Waals surface area contributed by atoms with Gasteiger partial charge in [0, 0.05) is 0 Å². The van der Waals surface area contributed by atoms with Crippen molar-refractivity contribution in [3.05, 3.63) is 10.1 Å². The minimum Gasteiger partial charge on any atom is -0.307 e. The van der Waals surface area contributed by atoms with Crippen LogP contribution in [0.5, 0.6) is 0 Å². The molecule has 8 aliphatic carbocycles. The molecule has 132 valence electrons. The summed E-state index contributed by atoms with van der Waals surface area (Å²) in [7, 11) is 0. The van der Waals surface area contributed by atoms with Crippen molar-refractivity contribution in [3.63, 3.8) is 0 Å². The molecule has 0 saturated heterocycles. The molecule has 4 heteroatoms. The first kappa shape index (κ1) is 14.4. The Bertz CT molecular complexity index is 550. The quantitative estimate of drug-likeness (QED) is 0.554. The molecule has 4 nitrogen and oxygen atoms in total. The highest BCUT2D eigenvalue weighted by atomic mass is 17.0. The molecule has 0 aromatic carbocycles. The lowest BCUT2D eigenvalue weighted by molar-refractivity contribution is -0.786. The van der Waals surface area contributed by atoms with Gasteiger partial charge in [-0.3, -0.25) is 0 Å². The second-order valence-electron chi connectivity index (χ2n) is 10.9. The predicted octanol–water partition coefficient (Wildman–Crippen LogP) is 4.75. The van der Waals surface area contributed by atoms with Crippen LogP contribution in [0.2, 0.25) is 0 Å².